The van der Waals surface area contributed by atoms with Gasteiger partial charge in [0.2, 0.25) is 0 Å². The molecule has 1 heterocycles. The van der Waals surface area contributed by atoms with Gasteiger partial charge in [0.05, 0.1) is 17.8 Å². The monoisotopic (exact) mass is 308 g/mol. The molecule has 0 bridgehead atoms. The largest absolute Gasteiger partial charge is 0.393 e. The number of urea groups is 1. The highest BCUT2D eigenvalue weighted by Gasteiger charge is 2.24. The van der Waals surface area contributed by atoms with E-state index in [-0.39, 0.29) is 18.2 Å². The molecular weight excluding hydrogens is 280 g/mol. The highest BCUT2D eigenvalue weighted by molar-refractivity contribution is 5.74. The van der Waals surface area contributed by atoms with E-state index in [0.717, 1.165) is 42.6 Å². The molecule has 0 aromatic carbocycles. The van der Waals surface area contributed by atoms with E-state index in [4.69, 9.17) is 0 Å². The molecule has 1 aliphatic rings. The lowest BCUT2D eigenvalue weighted by atomic mass is 10.0. The SMILES string of the molecule is CC[C@H](NC(=O)NC[C@H]1CC[C@@H](O)C1)c1c(C)nn(C)c1C. The molecule has 0 spiro atoms. The van der Waals surface area contributed by atoms with Crippen LogP contribution in [0.15, 0.2) is 0 Å². The first kappa shape index (κ1) is 16.8. The highest BCUT2D eigenvalue weighted by atomic mass is 16.3. The normalized spacial score (nSPS) is 22.6. The summed E-state index contributed by atoms with van der Waals surface area (Å²) in [5.74, 6) is 0.391. The number of aliphatic hydroxyl groups excluding tert-OH is 1. The van der Waals surface area contributed by atoms with Gasteiger partial charge in [-0.3, -0.25) is 4.68 Å². The van der Waals surface area contributed by atoms with Crippen molar-refractivity contribution in [3.05, 3.63) is 17.0 Å². The summed E-state index contributed by atoms with van der Waals surface area (Å²) < 4.78 is 1.85. The van der Waals surface area contributed by atoms with Crippen LogP contribution in [0.1, 0.15) is 55.6 Å². The maximum atomic E-state index is 12.1. The number of amides is 2. The lowest BCUT2D eigenvalue weighted by molar-refractivity contribution is 0.177. The summed E-state index contributed by atoms with van der Waals surface area (Å²) in [5, 5.41) is 19.9. The molecule has 3 N–H and O–H groups in total. The van der Waals surface area contributed by atoms with E-state index < -0.39 is 0 Å². The molecule has 2 amide bonds. The summed E-state index contributed by atoms with van der Waals surface area (Å²) in [6, 6.07) is -0.168. The van der Waals surface area contributed by atoms with Crippen molar-refractivity contribution in [2.24, 2.45) is 13.0 Å². The second kappa shape index (κ2) is 7.13. The third-order valence-electron chi connectivity index (χ3n) is 4.69. The fourth-order valence-corrected chi connectivity index (χ4v) is 3.35. The van der Waals surface area contributed by atoms with E-state index in [2.05, 4.69) is 22.7 Å². The van der Waals surface area contributed by atoms with Crippen LogP contribution in [-0.2, 0) is 7.05 Å². The molecule has 1 aromatic heterocycles. The van der Waals surface area contributed by atoms with Crippen LogP contribution < -0.4 is 10.6 Å². The van der Waals surface area contributed by atoms with Crippen LogP contribution in [0, 0.1) is 19.8 Å². The van der Waals surface area contributed by atoms with Crippen LogP contribution in [0.25, 0.3) is 0 Å². The van der Waals surface area contributed by atoms with Gasteiger partial charge in [-0.05, 0) is 45.4 Å². The Bertz CT molecular complexity index is 526. The van der Waals surface area contributed by atoms with Crippen molar-refractivity contribution in [1.29, 1.82) is 0 Å². The maximum absolute atomic E-state index is 12.1. The number of nitrogens with one attached hydrogen (secondary N) is 2. The Hall–Kier alpha value is -1.56. The van der Waals surface area contributed by atoms with Gasteiger partial charge in [0.15, 0.2) is 0 Å². The van der Waals surface area contributed by atoms with Crippen molar-refractivity contribution >= 4 is 6.03 Å². The molecule has 0 saturated heterocycles. The zero-order chi connectivity index (χ0) is 16.3. The second-order valence-electron chi connectivity index (χ2n) is 6.36. The third kappa shape index (κ3) is 3.80. The number of aliphatic hydroxyl groups is 1. The lowest BCUT2D eigenvalue weighted by Gasteiger charge is -2.19. The van der Waals surface area contributed by atoms with Gasteiger partial charge in [0, 0.05) is 24.8 Å². The van der Waals surface area contributed by atoms with Crippen molar-refractivity contribution in [2.45, 2.75) is 58.6 Å². The highest BCUT2D eigenvalue weighted by Crippen LogP contribution is 2.25. The third-order valence-corrected chi connectivity index (χ3v) is 4.69. The van der Waals surface area contributed by atoms with Gasteiger partial charge in [-0.2, -0.15) is 5.10 Å². The van der Waals surface area contributed by atoms with Crippen molar-refractivity contribution in [2.75, 3.05) is 6.54 Å². The van der Waals surface area contributed by atoms with Gasteiger partial charge < -0.3 is 15.7 Å². The number of rotatable bonds is 5. The Balaban J connectivity index is 1.91. The van der Waals surface area contributed by atoms with Crippen molar-refractivity contribution in [3.8, 4) is 0 Å². The topological polar surface area (TPSA) is 79.2 Å². The Labute approximate surface area is 132 Å². The van der Waals surface area contributed by atoms with Crippen LogP contribution in [-0.4, -0.2) is 33.6 Å². The fraction of sp³-hybridized carbons (Fsp3) is 0.750. The number of nitrogens with zero attached hydrogens (tertiary/aromatic N) is 2. The summed E-state index contributed by atoms with van der Waals surface area (Å²) in [7, 11) is 1.92. The first-order valence-corrected chi connectivity index (χ1v) is 8.14. The predicted molar refractivity (Wildman–Crippen MR) is 85.6 cm³/mol. The van der Waals surface area contributed by atoms with E-state index in [1.807, 2.05) is 25.6 Å². The number of carbonyl (C=O) groups is 1. The first-order valence-electron chi connectivity index (χ1n) is 8.14. The van der Waals surface area contributed by atoms with E-state index in [0.29, 0.717) is 12.5 Å². The molecule has 22 heavy (non-hydrogen) atoms. The molecule has 1 fully saturated rings. The number of hydrogen-bond acceptors (Lipinski definition) is 3. The summed E-state index contributed by atoms with van der Waals surface area (Å²) in [6.45, 7) is 6.69. The van der Waals surface area contributed by atoms with Gasteiger partial charge in [0.25, 0.3) is 0 Å². The molecule has 6 heteroatoms. The fourth-order valence-electron chi connectivity index (χ4n) is 3.35. The van der Waals surface area contributed by atoms with E-state index >= 15 is 0 Å². The van der Waals surface area contributed by atoms with E-state index in [9.17, 15) is 9.90 Å². The minimum atomic E-state index is -0.195. The van der Waals surface area contributed by atoms with Crippen LogP contribution >= 0.6 is 0 Å². The van der Waals surface area contributed by atoms with Crippen LogP contribution in [0.5, 0.6) is 0 Å². The molecule has 0 radical (unpaired) electrons. The smallest absolute Gasteiger partial charge is 0.315 e. The maximum Gasteiger partial charge on any atom is 0.315 e. The molecule has 6 nitrogen and oxygen atoms in total. The summed E-state index contributed by atoms with van der Waals surface area (Å²) >= 11 is 0. The average Bonchev–Trinajstić information content (AvgIpc) is 2.99. The zero-order valence-corrected chi connectivity index (χ0v) is 14.0. The van der Waals surface area contributed by atoms with Crippen LogP contribution in [0.3, 0.4) is 0 Å². The minimum absolute atomic E-state index is 0.0251. The molecule has 124 valence electrons. The zero-order valence-electron chi connectivity index (χ0n) is 14.0. The van der Waals surface area contributed by atoms with E-state index in [1.165, 1.54) is 0 Å². The first-order chi connectivity index (χ1) is 10.4. The second-order valence-corrected chi connectivity index (χ2v) is 6.36. The Morgan fingerprint density at radius 3 is 2.68 bits per heavy atom. The van der Waals surface area contributed by atoms with Crippen LogP contribution in [0.4, 0.5) is 4.79 Å². The number of aryl methyl sites for hydroxylation is 2. The summed E-state index contributed by atoms with van der Waals surface area (Å²) in [5.41, 5.74) is 3.16. The van der Waals surface area contributed by atoms with Crippen molar-refractivity contribution in [1.82, 2.24) is 20.4 Å². The van der Waals surface area contributed by atoms with Gasteiger partial charge in [0.1, 0.15) is 0 Å². The predicted octanol–water partition coefficient (Wildman–Crippen LogP) is 1.95. The minimum Gasteiger partial charge on any atom is -0.393 e. The Kier molecular flexibility index (Phi) is 5.45. The number of hydrogen-bond donors (Lipinski definition) is 3. The van der Waals surface area contributed by atoms with Gasteiger partial charge >= 0.3 is 6.03 Å². The summed E-state index contributed by atoms with van der Waals surface area (Å²) in [6.07, 6.45) is 3.25. The van der Waals surface area contributed by atoms with Crippen LogP contribution in [0.2, 0.25) is 0 Å². The molecule has 1 saturated carbocycles. The van der Waals surface area contributed by atoms with Gasteiger partial charge in [-0.1, -0.05) is 6.92 Å². The van der Waals surface area contributed by atoms with E-state index in [1.54, 1.807) is 0 Å². The van der Waals surface area contributed by atoms with Crippen molar-refractivity contribution in [3.63, 3.8) is 0 Å². The van der Waals surface area contributed by atoms with Gasteiger partial charge in [-0.15, -0.1) is 0 Å². The quantitative estimate of drug-likeness (QED) is 0.778. The molecule has 2 rings (SSSR count). The Morgan fingerprint density at radius 2 is 2.18 bits per heavy atom. The molecular formula is C16H28N4O2. The molecule has 0 unspecified atom stereocenters. The van der Waals surface area contributed by atoms with Gasteiger partial charge in [-0.25, -0.2) is 4.79 Å². The number of aromatic nitrogens is 2. The Morgan fingerprint density at radius 1 is 1.45 bits per heavy atom. The van der Waals surface area contributed by atoms with Crippen molar-refractivity contribution < 1.29 is 9.90 Å². The molecule has 3 atom stereocenters. The standard InChI is InChI=1S/C16H28N4O2/c1-5-14(15-10(2)19-20(4)11(15)3)18-16(22)17-9-12-6-7-13(21)8-12/h12-14,21H,5-9H2,1-4H3,(H2,17,18,22)/t12-,13+,14-/m0/s1. The molecule has 1 aromatic rings. The lowest BCUT2D eigenvalue weighted by Crippen LogP contribution is -2.40. The molecule has 0 aliphatic heterocycles. The summed E-state index contributed by atoms with van der Waals surface area (Å²) in [4.78, 5) is 12.1. The molecule has 1 aliphatic carbocycles. The number of carbonyl (C=O) groups excluding carboxylic acids is 1. The average molecular weight is 308 g/mol.